The molecule has 0 aliphatic rings. The summed E-state index contributed by atoms with van der Waals surface area (Å²) < 4.78 is 36.8. The summed E-state index contributed by atoms with van der Waals surface area (Å²) in [4.78, 5) is 23.0. The molecule has 0 unspecified atom stereocenters. The van der Waals surface area contributed by atoms with E-state index >= 15 is 0 Å². The second-order valence-electron chi connectivity index (χ2n) is 7.00. The van der Waals surface area contributed by atoms with E-state index in [2.05, 4.69) is 15.0 Å². The Kier molecular flexibility index (Phi) is 6.07. The number of rotatable bonds is 8. The third-order valence-corrected chi connectivity index (χ3v) is 4.80. The van der Waals surface area contributed by atoms with Gasteiger partial charge in [-0.05, 0) is 38.1 Å². The fourth-order valence-corrected chi connectivity index (χ4v) is 3.34. The number of aryl methyl sites for hydroxylation is 1. The Morgan fingerprint density at radius 3 is 2.72 bits per heavy atom. The van der Waals surface area contributed by atoms with Crippen molar-refractivity contribution in [2.75, 3.05) is 20.3 Å². The molecule has 2 heterocycles. The molecule has 166 valence electrons. The standard InChI is InChI=1S/C23H22FN3O5/c1-4-30-21(28)7-8-31-20-11-17-15(10-19(20)29-3)23(26-12-25-17)32-18-6-5-16-14(22(18)24)9-13(2)27-16/h5-6,9-12,27H,4,7-8H2,1-3H3. The van der Waals surface area contributed by atoms with Crippen LogP contribution in [0.3, 0.4) is 0 Å². The van der Waals surface area contributed by atoms with Gasteiger partial charge in [0, 0.05) is 22.7 Å². The first-order valence-electron chi connectivity index (χ1n) is 10.1. The van der Waals surface area contributed by atoms with Crippen molar-refractivity contribution in [1.29, 1.82) is 0 Å². The largest absolute Gasteiger partial charge is 0.493 e. The van der Waals surface area contributed by atoms with Crippen LogP contribution in [0.5, 0.6) is 23.1 Å². The van der Waals surface area contributed by atoms with Crippen LogP contribution in [0.15, 0.2) is 36.7 Å². The second-order valence-corrected chi connectivity index (χ2v) is 7.00. The zero-order valence-corrected chi connectivity index (χ0v) is 17.9. The number of hydrogen-bond donors (Lipinski definition) is 1. The molecular formula is C23H22FN3O5. The van der Waals surface area contributed by atoms with Crippen molar-refractivity contribution in [2.24, 2.45) is 0 Å². The molecule has 0 bridgehead atoms. The predicted molar refractivity (Wildman–Crippen MR) is 116 cm³/mol. The van der Waals surface area contributed by atoms with Gasteiger partial charge in [0.15, 0.2) is 23.1 Å². The van der Waals surface area contributed by atoms with Crippen LogP contribution in [-0.2, 0) is 9.53 Å². The summed E-state index contributed by atoms with van der Waals surface area (Å²) in [6.45, 7) is 4.04. The Bertz CT molecular complexity index is 1290. The van der Waals surface area contributed by atoms with E-state index in [1.165, 1.54) is 13.4 Å². The maximum atomic E-state index is 15.0. The third kappa shape index (κ3) is 4.27. The summed E-state index contributed by atoms with van der Waals surface area (Å²) in [5.41, 5.74) is 2.05. The van der Waals surface area contributed by atoms with Gasteiger partial charge in [-0.25, -0.2) is 14.4 Å². The number of carbonyl (C=O) groups excluding carboxylic acids is 1. The number of ether oxygens (including phenoxy) is 4. The molecule has 1 N–H and O–H groups in total. The average Bonchev–Trinajstić information content (AvgIpc) is 3.17. The number of aromatic amines is 1. The van der Waals surface area contributed by atoms with Gasteiger partial charge < -0.3 is 23.9 Å². The summed E-state index contributed by atoms with van der Waals surface area (Å²) in [6, 6.07) is 8.33. The number of carbonyl (C=O) groups is 1. The minimum atomic E-state index is -0.482. The van der Waals surface area contributed by atoms with Gasteiger partial charge in [-0.3, -0.25) is 4.79 Å². The van der Waals surface area contributed by atoms with E-state index in [9.17, 15) is 9.18 Å². The molecule has 0 saturated heterocycles. The Hall–Kier alpha value is -3.88. The molecule has 4 aromatic rings. The van der Waals surface area contributed by atoms with Gasteiger partial charge in [-0.2, -0.15) is 0 Å². The van der Waals surface area contributed by atoms with Crippen LogP contribution in [0.2, 0.25) is 0 Å². The number of esters is 1. The third-order valence-electron chi connectivity index (χ3n) is 4.80. The topological polar surface area (TPSA) is 95.6 Å². The molecule has 4 rings (SSSR count). The van der Waals surface area contributed by atoms with Gasteiger partial charge in [-0.1, -0.05) is 0 Å². The molecular weight excluding hydrogens is 417 g/mol. The lowest BCUT2D eigenvalue weighted by molar-refractivity contribution is -0.143. The first-order chi connectivity index (χ1) is 15.5. The maximum absolute atomic E-state index is 15.0. The Labute approximate surface area is 183 Å². The highest BCUT2D eigenvalue weighted by molar-refractivity contribution is 5.87. The number of nitrogens with one attached hydrogen (secondary N) is 1. The number of nitrogens with zero attached hydrogens (tertiary/aromatic N) is 2. The van der Waals surface area contributed by atoms with Crippen molar-refractivity contribution < 1.29 is 28.1 Å². The second kappa shape index (κ2) is 9.09. The number of hydrogen-bond acceptors (Lipinski definition) is 7. The minimum Gasteiger partial charge on any atom is -0.493 e. The quantitative estimate of drug-likeness (QED) is 0.398. The van der Waals surface area contributed by atoms with E-state index in [0.29, 0.717) is 39.9 Å². The Morgan fingerprint density at radius 1 is 1.09 bits per heavy atom. The highest BCUT2D eigenvalue weighted by Crippen LogP contribution is 2.37. The molecule has 2 aromatic carbocycles. The van der Waals surface area contributed by atoms with Crippen LogP contribution in [0.4, 0.5) is 4.39 Å². The lowest BCUT2D eigenvalue weighted by Gasteiger charge is -2.13. The number of aromatic nitrogens is 3. The fraction of sp³-hybridized carbons (Fsp3) is 0.261. The van der Waals surface area contributed by atoms with Gasteiger partial charge in [0.25, 0.3) is 0 Å². The van der Waals surface area contributed by atoms with Gasteiger partial charge in [0.1, 0.15) is 6.33 Å². The van der Waals surface area contributed by atoms with Crippen molar-refractivity contribution in [3.8, 4) is 23.1 Å². The minimum absolute atomic E-state index is 0.0465. The van der Waals surface area contributed by atoms with Crippen molar-refractivity contribution in [2.45, 2.75) is 20.3 Å². The molecule has 8 nitrogen and oxygen atoms in total. The molecule has 2 aromatic heterocycles. The van der Waals surface area contributed by atoms with Gasteiger partial charge in [0.2, 0.25) is 5.88 Å². The highest BCUT2D eigenvalue weighted by Gasteiger charge is 2.16. The zero-order chi connectivity index (χ0) is 22.7. The normalized spacial score (nSPS) is 11.0. The maximum Gasteiger partial charge on any atom is 0.309 e. The van der Waals surface area contributed by atoms with E-state index in [-0.39, 0.29) is 30.6 Å². The predicted octanol–water partition coefficient (Wildman–Crippen LogP) is 4.69. The highest BCUT2D eigenvalue weighted by atomic mass is 19.1. The average molecular weight is 439 g/mol. The first kappa shape index (κ1) is 21.4. The summed E-state index contributed by atoms with van der Waals surface area (Å²) in [5.74, 6) is 0.205. The smallest absolute Gasteiger partial charge is 0.309 e. The van der Waals surface area contributed by atoms with Crippen molar-refractivity contribution >= 4 is 27.8 Å². The number of benzene rings is 2. The lowest BCUT2D eigenvalue weighted by Crippen LogP contribution is -2.10. The van der Waals surface area contributed by atoms with Crippen molar-refractivity contribution in [3.63, 3.8) is 0 Å². The Balaban J connectivity index is 1.63. The first-order valence-corrected chi connectivity index (χ1v) is 10.1. The van der Waals surface area contributed by atoms with Crippen molar-refractivity contribution in [3.05, 3.63) is 48.2 Å². The molecule has 9 heteroatoms. The van der Waals surface area contributed by atoms with Crippen molar-refractivity contribution in [1.82, 2.24) is 15.0 Å². The summed E-state index contributed by atoms with van der Waals surface area (Å²) in [5, 5.41) is 0.958. The lowest BCUT2D eigenvalue weighted by atomic mass is 10.2. The van der Waals surface area contributed by atoms with Crippen LogP contribution in [-0.4, -0.2) is 41.2 Å². The van der Waals surface area contributed by atoms with E-state index in [0.717, 1.165) is 5.69 Å². The van der Waals surface area contributed by atoms with Crippen LogP contribution in [0, 0.1) is 12.7 Å². The van der Waals surface area contributed by atoms with Crippen LogP contribution < -0.4 is 14.2 Å². The molecule has 0 radical (unpaired) electrons. The molecule has 0 saturated carbocycles. The Morgan fingerprint density at radius 2 is 1.94 bits per heavy atom. The number of fused-ring (bicyclic) bond motifs is 2. The summed E-state index contributed by atoms with van der Waals surface area (Å²) >= 11 is 0. The monoisotopic (exact) mass is 439 g/mol. The van der Waals surface area contributed by atoms with Gasteiger partial charge >= 0.3 is 5.97 Å². The molecule has 0 aliphatic heterocycles. The van der Waals surface area contributed by atoms with E-state index in [1.54, 1.807) is 37.3 Å². The van der Waals surface area contributed by atoms with Gasteiger partial charge in [0.05, 0.1) is 37.6 Å². The number of H-pyrrole nitrogens is 1. The number of halogens is 1. The summed E-state index contributed by atoms with van der Waals surface area (Å²) in [7, 11) is 1.49. The molecule has 32 heavy (non-hydrogen) atoms. The SMILES string of the molecule is CCOC(=O)CCOc1cc2ncnc(Oc3ccc4[nH]c(C)cc4c3F)c2cc1OC. The molecule has 0 atom stereocenters. The zero-order valence-electron chi connectivity index (χ0n) is 17.9. The van der Waals surface area contributed by atoms with E-state index in [1.807, 2.05) is 6.92 Å². The number of methoxy groups -OCH3 is 1. The molecule has 0 amide bonds. The molecule has 0 aliphatic carbocycles. The van der Waals surface area contributed by atoms with Crippen LogP contribution >= 0.6 is 0 Å². The molecule has 0 spiro atoms. The molecule has 0 fully saturated rings. The van der Waals surface area contributed by atoms with E-state index < -0.39 is 5.82 Å². The van der Waals surface area contributed by atoms with Crippen LogP contribution in [0.25, 0.3) is 21.8 Å². The fourth-order valence-electron chi connectivity index (χ4n) is 3.34. The van der Waals surface area contributed by atoms with E-state index in [4.69, 9.17) is 18.9 Å². The summed E-state index contributed by atoms with van der Waals surface area (Å²) in [6.07, 6.45) is 1.43. The van der Waals surface area contributed by atoms with Gasteiger partial charge in [-0.15, -0.1) is 0 Å². The van der Waals surface area contributed by atoms with Crippen LogP contribution in [0.1, 0.15) is 19.0 Å².